The van der Waals surface area contributed by atoms with E-state index < -0.39 is 0 Å². The molecule has 3 rings (SSSR count). The molecule has 2 aromatic rings. The molecule has 4 nitrogen and oxygen atoms in total. The van der Waals surface area contributed by atoms with Crippen LogP contribution in [0.4, 0.5) is 4.39 Å². The molecule has 0 fully saturated rings. The minimum absolute atomic E-state index is 0.113. The molecule has 1 unspecified atom stereocenters. The number of fused-ring (bicyclic) bond motifs is 1. The first-order chi connectivity index (χ1) is 10.3. The van der Waals surface area contributed by atoms with Crippen molar-refractivity contribution in [2.24, 2.45) is 0 Å². The fourth-order valence-electron chi connectivity index (χ4n) is 2.96. The second kappa shape index (κ2) is 6.37. The van der Waals surface area contributed by atoms with Gasteiger partial charge >= 0.3 is 0 Å². The van der Waals surface area contributed by atoms with E-state index in [-0.39, 0.29) is 18.5 Å². The van der Waals surface area contributed by atoms with Crippen molar-refractivity contribution in [3.8, 4) is 0 Å². The number of aliphatic hydroxyl groups excluding tert-OH is 1. The molecule has 1 aromatic heterocycles. The van der Waals surface area contributed by atoms with Crippen LogP contribution in [0, 0.1) is 5.82 Å². The van der Waals surface area contributed by atoms with Crippen LogP contribution in [0.3, 0.4) is 0 Å². The molecule has 1 heterocycles. The van der Waals surface area contributed by atoms with Gasteiger partial charge in [-0.3, -0.25) is 4.68 Å². The molecule has 0 saturated heterocycles. The SMILES string of the molecule is OCCn1ncc2c1CCCC2NCc1ccc(F)cc1. The molecule has 0 aliphatic heterocycles. The molecule has 0 amide bonds. The second-order valence-corrected chi connectivity index (χ2v) is 5.45. The minimum Gasteiger partial charge on any atom is -0.394 e. The maximum atomic E-state index is 12.9. The summed E-state index contributed by atoms with van der Waals surface area (Å²) in [6.45, 7) is 1.39. The Bertz CT molecular complexity index is 594. The summed E-state index contributed by atoms with van der Waals surface area (Å²) in [4.78, 5) is 0. The van der Waals surface area contributed by atoms with E-state index in [1.165, 1.54) is 23.4 Å². The molecular weight excluding hydrogens is 269 g/mol. The van der Waals surface area contributed by atoms with Gasteiger partial charge in [0, 0.05) is 23.8 Å². The third kappa shape index (κ3) is 3.14. The van der Waals surface area contributed by atoms with Crippen LogP contribution in [0.1, 0.15) is 35.7 Å². The van der Waals surface area contributed by atoms with Crippen molar-refractivity contribution in [3.05, 3.63) is 53.1 Å². The maximum Gasteiger partial charge on any atom is 0.123 e. The Morgan fingerprint density at radius 2 is 2.14 bits per heavy atom. The predicted molar refractivity (Wildman–Crippen MR) is 78.2 cm³/mol. The molecule has 1 aliphatic carbocycles. The smallest absolute Gasteiger partial charge is 0.123 e. The maximum absolute atomic E-state index is 12.9. The van der Waals surface area contributed by atoms with E-state index in [4.69, 9.17) is 5.11 Å². The molecule has 1 aliphatic rings. The third-order valence-electron chi connectivity index (χ3n) is 4.04. The van der Waals surface area contributed by atoms with Crippen molar-refractivity contribution in [1.82, 2.24) is 15.1 Å². The molecule has 5 heteroatoms. The van der Waals surface area contributed by atoms with Crippen LogP contribution < -0.4 is 5.32 Å². The standard InChI is InChI=1S/C16H20FN3O/c17-13-6-4-12(5-7-13)10-18-15-2-1-3-16-14(15)11-19-20(16)8-9-21/h4-7,11,15,18,21H,1-3,8-10H2. The number of nitrogens with zero attached hydrogens (tertiary/aromatic N) is 2. The molecule has 1 atom stereocenters. The van der Waals surface area contributed by atoms with Crippen LogP contribution in [0.15, 0.2) is 30.5 Å². The number of halogens is 1. The first-order valence-corrected chi connectivity index (χ1v) is 7.41. The second-order valence-electron chi connectivity index (χ2n) is 5.45. The highest BCUT2D eigenvalue weighted by molar-refractivity contribution is 5.25. The van der Waals surface area contributed by atoms with Gasteiger partial charge in [-0.15, -0.1) is 0 Å². The van der Waals surface area contributed by atoms with Gasteiger partial charge in [-0.1, -0.05) is 12.1 Å². The van der Waals surface area contributed by atoms with E-state index in [1.54, 1.807) is 12.1 Å². The third-order valence-corrected chi connectivity index (χ3v) is 4.04. The number of rotatable bonds is 5. The van der Waals surface area contributed by atoms with Gasteiger partial charge < -0.3 is 10.4 Å². The van der Waals surface area contributed by atoms with Crippen LogP contribution in [-0.2, 0) is 19.5 Å². The van der Waals surface area contributed by atoms with Crippen molar-refractivity contribution >= 4 is 0 Å². The van der Waals surface area contributed by atoms with Crippen LogP contribution in [-0.4, -0.2) is 21.5 Å². The van der Waals surface area contributed by atoms with Crippen molar-refractivity contribution in [2.45, 2.75) is 38.4 Å². The lowest BCUT2D eigenvalue weighted by atomic mass is 9.93. The van der Waals surface area contributed by atoms with Gasteiger partial charge in [-0.25, -0.2) is 4.39 Å². The number of aliphatic hydroxyl groups is 1. The number of hydrogen-bond acceptors (Lipinski definition) is 3. The topological polar surface area (TPSA) is 50.1 Å². The van der Waals surface area contributed by atoms with Crippen molar-refractivity contribution in [2.75, 3.05) is 6.61 Å². The van der Waals surface area contributed by atoms with Gasteiger partial charge in [0.1, 0.15) is 5.82 Å². The van der Waals surface area contributed by atoms with E-state index in [0.717, 1.165) is 31.4 Å². The molecule has 2 N–H and O–H groups in total. The number of hydrogen-bond donors (Lipinski definition) is 2. The molecular formula is C16H20FN3O. The molecule has 0 bridgehead atoms. The Hall–Kier alpha value is -1.72. The zero-order valence-electron chi connectivity index (χ0n) is 11.9. The zero-order chi connectivity index (χ0) is 14.7. The summed E-state index contributed by atoms with van der Waals surface area (Å²) in [5, 5.41) is 17.0. The monoisotopic (exact) mass is 289 g/mol. The first-order valence-electron chi connectivity index (χ1n) is 7.41. The molecule has 0 saturated carbocycles. The summed E-state index contributed by atoms with van der Waals surface area (Å²) in [6, 6.07) is 6.87. The van der Waals surface area contributed by atoms with E-state index in [9.17, 15) is 4.39 Å². The molecule has 0 radical (unpaired) electrons. The highest BCUT2D eigenvalue weighted by Gasteiger charge is 2.23. The normalized spacial score (nSPS) is 17.7. The Balaban J connectivity index is 1.69. The molecule has 1 aromatic carbocycles. The summed E-state index contributed by atoms with van der Waals surface area (Å²) >= 11 is 0. The van der Waals surface area contributed by atoms with Crippen molar-refractivity contribution in [3.63, 3.8) is 0 Å². The Morgan fingerprint density at radius 3 is 2.90 bits per heavy atom. The molecule has 0 spiro atoms. The number of aromatic nitrogens is 2. The molecule has 112 valence electrons. The fraction of sp³-hybridized carbons (Fsp3) is 0.438. The summed E-state index contributed by atoms with van der Waals surface area (Å²) in [6.07, 6.45) is 5.13. The fourth-order valence-corrected chi connectivity index (χ4v) is 2.96. The Kier molecular flexibility index (Phi) is 4.31. The highest BCUT2D eigenvalue weighted by Crippen LogP contribution is 2.29. The van der Waals surface area contributed by atoms with E-state index in [0.29, 0.717) is 6.54 Å². The van der Waals surface area contributed by atoms with Gasteiger partial charge in [0.2, 0.25) is 0 Å². The van der Waals surface area contributed by atoms with Gasteiger partial charge in [-0.2, -0.15) is 5.10 Å². The lowest BCUT2D eigenvalue weighted by molar-refractivity contribution is 0.266. The van der Waals surface area contributed by atoms with Gasteiger partial charge in [0.25, 0.3) is 0 Å². The summed E-state index contributed by atoms with van der Waals surface area (Å²) in [5.74, 6) is -0.205. The highest BCUT2D eigenvalue weighted by atomic mass is 19.1. The Labute approximate surface area is 123 Å². The van der Waals surface area contributed by atoms with Crippen LogP contribution >= 0.6 is 0 Å². The summed E-state index contributed by atoms with van der Waals surface area (Å²) < 4.78 is 14.8. The lowest BCUT2D eigenvalue weighted by Gasteiger charge is -2.24. The number of benzene rings is 1. The summed E-state index contributed by atoms with van der Waals surface area (Å²) in [5.41, 5.74) is 3.54. The predicted octanol–water partition coefficient (Wildman–Crippen LogP) is 2.18. The van der Waals surface area contributed by atoms with Crippen LogP contribution in [0.25, 0.3) is 0 Å². The largest absolute Gasteiger partial charge is 0.394 e. The Morgan fingerprint density at radius 1 is 1.33 bits per heavy atom. The van der Waals surface area contributed by atoms with E-state index >= 15 is 0 Å². The first kappa shape index (κ1) is 14.2. The zero-order valence-corrected chi connectivity index (χ0v) is 11.9. The average molecular weight is 289 g/mol. The van der Waals surface area contributed by atoms with Crippen LogP contribution in [0.2, 0.25) is 0 Å². The van der Waals surface area contributed by atoms with Gasteiger partial charge in [0.05, 0.1) is 19.3 Å². The average Bonchev–Trinajstić information content (AvgIpc) is 2.91. The number of nitrogens with one attached hydrogen (secondary N) is 1. The quantitative estimate of drug-likeness (QED) is 0.887. The lowest BCUT2D eigenvalue weighted by Crippen LogP contribution is -2.25. The molecule has 21 heavy (non-hydrogen) atoms. The van der Waals surface area contributed by atoms with Gasteiger partial charge in [-0.05, 0) is 37.0 Å². The van der Waals surface area contributed by atoms with Crippen molar-refractivity contribution < 1.29 is 9.50 Å². The van der Waals surface area contributed by atoms with E-state index in [2.05, 4.69) is 10.4 Å². The van der Waals surface area contributed by atoms with Crippen molar-refractivity contribution in [1.29, 1.82) is 0 Å². The van der Waals surface area contributed by atoms with Gasteiger partial charge in [0.15, 0.2) is 0 Å². The summed E-state index contributed by atoms with van der Waals surface area (Å²) in [7, 11) is 0. The minimum atomic E-state index is -0.205. The van der Waals surface area contributed by atoms with E-state index in [1.807, 2.05) is 10.9 Å². The van der Waals surface area contributed by atoms with Crippen LogP contribution in [0.5, 0.6) is 0 Å².